The highest BCUT2D eigenvalue weighted by atomic mass is 35.5. The van der Waals surface area contributed by atoms with Gasteiger partial charge < -0.3 is 14.4 Å². The quantitative estimate of drug-likeness (QED) is 0.799. The lowest BCUT2D eigenvalue weighted by Gasteiger charge is -2.13. The lowest BCUT2D eigenvalue weighted by atomic mass is 10.1. The van der Waals surface area contributed by atoms with Crippen molar-refractivity contribution < 1.29 is 14.3 Å². The highest BCUT2D eigenvalue weighted by Crippen LogP contribution is 2.27. The standard InChI is InChI=1S/C18H16ClNO3/c1-22-18(21)10-13-2-8-16(9-3-13)20-11-17(23-12-20)14-4-6-15(19)7-5-14/h2-9,11H,10,12H2,1H3. The van der Waals surface area contributed by atoms with Crippen molar-refractivity contribution in [1.29, 1.82) is 0 Å². The van der Waals surface area contributed by atoms with E-state index in [0.717, 1.165) is 22.6 Å². The van der Waals surface area contributed by atoms with Gasteiger partial charge in [-0.25, -0.2) is 0 Å². The van der Waals surface area contributed by atoms with Crippen LogP contribution in [-0.2, 0) is 20.7 Å². The minimum Gasteiger partial charge on any atom is -0.471 e. The van der Waals surface area contributed by atoms with Gasteiger partial charge in [-0.3, -0.25) is 4.79 Å². The third kappa shape index (κ3) is 3.66. The van der Waals surface area contributed by atoms with E-state index in [1.807, 2.05) is 59.6 Å². The van der Waals surface area contributed by atoms with Crippen molar-refractivity contribution in [1.82, 2.24) is 0 Å². The highest BCUT2D eigenvalue weighted by Gasteiger charge is 2.16. The lowest BCUT2D eigenvalue weighted by Crippen LogP contribution is -2.13. The van der Waals surface area contributed by atoms with Crippen LogP contribution in [0.4, 0.5) is 5.69 Å². The number of nitrogens with zero attached hydrogens (tertiary/aromatic N) is 1. The van der Waals surface area contributed by atoms with E-state index in [0.29, 0.717) is 11.8 Å². The Bertz CT molecular complexity index is 723. The third-order valence-corrected chi connectivity index (χ3v) is 3.86. The molecular formula is C18H16ClNO3. The SMILES string of the molecule is COC(=O)Cc1ccc(N2C=C(c3ccc(Cl)cc3)OC2)cc1. The van der Waals surface area contributed by atoms with Gasteiger partial charge in [-0.2, -0.15) is 0 Å². The van der Waals surface area contributed by atoms with Crippen molar-refractivity contribution in [3.63, 3.8) is 0 Å². The maximum absolute atomic E-state index is 11.3. The molecule has 0 fully saturated rings. The first-order chi connectivity index (χ1) is 11.2. The minimum atomic E-state index is -0.243. The number of ether oxygens (including phenoxy) is 2. The Kier molecular flexibility index (Phi) is 4.53. The Morgan fingerprint density at radius 2 is 1.87 bits per heavy atom. The van der Waals surface area contributed by atoms with E-state index in [-0.39, 0.29) is 12.4 Å². The molecule has 1 aliphatic rings. The molecule has 0 bridgehead atoms. The molecule has 1 heterocycles. The summed E-state index contributed by atoms with van der Waals surface area (Å²) in [6.07, 6.45) is 2.23. The number of carbonyl (C=O) groups excluding carboxylic acids is 1. The fourth-order valence-electron chi connectivity index (χ4n) is 2.32. The zero-order chi connectivity index (χ0) is 16.2. The maximum Gasteiger partial charge on any atom is 0.309 e. The van der Waals surface area contributed by atoms with Gasteiger partial charge in [0.2, 0.25) is 0 Å². The molecule has 23 heavy (non-hydrogen) atoms. The predicted molar refractivity (Wildman–Crippen MR) is 90.0 cm³/mol. The van der Waals surface area contributed by atoms with Crippen molar-refractivity contribution in [2.45, 2.75) is 6.42 Å². The Labute approximate surface area is 139 Å². The van der Waals surface area contributed by atoms with E-state index < -0.39 is 0 Å². The first-order valence-corrected chi connectivity index (χ1v) is 7.56. The molecule has 0 amide bonds. The fraction of sp³-hybridized carbons (Fsp3) is 0.167. The number of benzene rings is 2. The number of halogens is 1. The Hall–Kier alpha value is -2.46. The molecule has 0 aromatic heterocycles. The molecule has 118 valence electrons. The Morgan fingerprint density at radius 1 is 1.17 bits per heavy atom. The molecule has 0 N–H and O–H groups in total. The second kappa shape index (κ2) is 6.75. The van der Waals surface area contributed by atoms with E-state index in [9.17, 15) is 4.79 Å². The Morgan fingerprint density at radius 3 is 2.52 bits per heavy atom. The van der Waals surface area contributed by atoms with Crippen molar-refractivity contribution in [2.75, 3.05) is 18.7 Å². The first kappa shape index (κ1) is 15.4. The van der Waals surface area contributed by atoms with Crippen molar-refractivity contribution in [2.24, 2.45) is 0 Å². The molecule has 3 rings (SSSR count). The van der Waals surface area contributed by atoms with Crippen molar-refractivity contribution in [3.8, 4) is 0 Å². The summed E-state index contributed by atoms with van der Waals surface area (Å²) in [5.74, 6) is 0.562. The number of esters is 1. The molecule has 2 aromatic rings. The number of methoxy groups -OCH3 is 1. The van der Waals surface area contributed by atoms with Gasteiger partial charge in [0.25, 0.3) is 0 Å². The second-order valence-corrected chi connectivity index (χ2v) is 5.60. The van der Waals surface area contributed by atoms with Crippen LogP contribution in [0.1, 0.15) is 11.1 Å². The van der Waals surface area contributed by atoms with Crippen LogP contribution in [0.3, 0.4) is 0 Å². The normalized spacial score (nSPS) is 13.5. The summed E-state index contributed by atoms with van der Waals surface area (Å²) in [4.78, 5) is 13.3. The molecule has 0 unspecified atom stereocenters. The summed E-state index contributed by atoms with van der Waals surface area (Å²) in [5.41, 5.74) is 2.91. The van der Waals surface area contributed by atoms with Crippen LogP contribution in [0, 0.1) is 0 Å². The van der Waals surface area contributed by atoms with Crippen molar-refractivity contribution >= 4 is 29.0 Å². The summed E-state index contributed by atoms with van der Waals surface area (Å²) < 4.78 is 10.4. The highest BCUT2D eigenvalue weighted by molar-refractivity contribution is 6.30. The van der Waals surface area contributed by atoms with Gasteiger partial charge in [0.05, 0.1) is 19.7 Å². The molecule has 0 saturated carbocycles. The summed E-state index contributed by atoms with van der Waals surface area (Å²) in [5, 5.41) is 0.699. The maximum atomic E-state index is 11.3. The molecule has 0 radical (unpaired) electrons. The van der Waals surface area contributed by atoms with Crippen LogP contribution in [-0.4, -0.2) is 19.8 Å². The van der Waals surface area contributed by atoms with Gasteiger partial charge in [-0.05, 0) is 42.0 Å². The molecular weight excluding hydrogens is 314 g/mol. The van der Waals surface area contributed by atoms with Crippen LogP contribution in [0.5, 0.6) is 0 Å². The van der Waals surface area contributed by atoms with E-state index in [1.54, 1.807) is 0 Å². The summed E-state index contributed by atoms with van der Waals surface area (Å²) in [6, 6.07) is 15.3. The zero-order valence-electron chi connectivity index (χ0n) is 12.7. The number of anilines is 1. The van der Waals surface area contributed by atoms with Gasteiger partial charge in [0, 0.05) is 16.3 Å². The summed E-state index contributed by atoms with van der Waals surface area (Å²) >= 11 is 5.90. The molecule has 1 aliphatic heterocycles. The van der Waals surface area contributed by atoms with Gasteiger partial charge in [-0.15, -0.1) is 0 Å². The Balaban J connectivity index is 1.73. The van der Waals surface area contributed by atoms with Gasteiger partial charge in [-0.1, -0.05) is 23.7 Å². The van der Waals surface area contributed by atoms with E-state index in [4.69, 9.17) is 16.3 Å². The van der Waals surface area contributed by atoms with E-state index in [1.165, 1.54) is 7.11 Å². The molecule has 0 saturated heterocycles. The first-order valence-electron chi connectivity index (χ1n) is 7.18. The van der Waals surface area contributed by atoms with Crippen LogP contribution in [0.15, 0.2) is 54.7 Å². The number of carbonyl (C=O) groups is 1. The monoisotopic (exact) mass is 329 g/mol. The summed E-state index contributed by atoms with van der Waals surface area (Å²) in [6.45, 7) is 0.453. The number of hydrogen-bond donors (Lipinski definition) is 0. The molecule has 4 nitrogen and oxygen atoms in total. The van der Waals surface area contributed by atoms with Crippen LogP contribution in [0.25, 0.3) is 5.76 Å². The minimum absolute atomic E-state index is 0.243. The molecule has 0 aliphatic carbocycles. The third-order valence-electron chi connectivity index (χ3n) is 3.61. The largest absolute Gasteiger partial charge is 0.471 e. The molecule has 0 spiro atoms. The number of hydrogen-bond acceptors (Lipinski definition) is 4. The van der Waals surface area contributed by atoms with Crippen LogP contribution in [0.2, 0.25) is 5.02 Å². The zero-order valence-corrected chi connectivity index (χ0v) is 13.4. The smallest absolute Gasteiger partial charge is 0.309 e. The number of rotatable bonds is 4. The fourth-order valence-corrected chi connectivity index (χ4v) is 2.45. The summed E-state index contributed by atoms with van der Waals surface area (Å²) in [7, 11) is 1.39. The van der Waals surface area contributed by atoms with Gasteiger partial charge in [0.15, 0.2) is 6.73 Å². The molecule has 0 atom stereocenters. The molecule has 5 heteroatoms. The van der Waals surface area contributed by atoms with Crippen LogP contribution >= 0.6 is 11.6 Å². The van der Waals surface area contributed by atoms with Crippen molar-refractivity contribution in [3.05, 3.63) is 70.9 Å². The lowest BCUT2D eigenvalue weighted by molar-refractivity contribution is -0.139. The van der Waals surface area contributed by atoms with Gasteiger partial charge >= 0.3 is 5.97 Å². The van der Waals surface area contributed by atoms with E-state index in [2.05, 4.69) is 4.74 Å². The van der Waals surface area contributed by atoms with E-state index >= 15 is 0 Å². The predicted octanol–water partition coefficient (Wildman–Crippen LogP) is 3.85. The van der Waals surface area contributed by atoms with Crippen LogP contribution < -0.4 is 4.90 Å². The van der Waals surface area contributed by atoms with Gasteiger partial charge in [0.1, 0.15) is 5.76 Å². The average Bonchev–Trinajstić information content (AvgIpc) is 3.06. The topological polar surface area (TPSA) is 38.8 Å². The average molecular weight is 330 g/mol. The second-order valence-electron chi connectivity index (χ2n) is 5.16. The molecule has 2 aromatic carbocycles.